The number of carboxylic acid groups (broad SMARTS) is 1. The summed E-state index contributed by atoms with van der Waals surface area (Å²) in [4.78, 5) is 39.6. The van der Waals surface area contributed by atoms with Crippen molar-refractivity contribution in [2.75, 3.05) is 5.32 Å². The van der Waals surface area contributed by atoms with E-state index in [-0.39, 0.29) is 30.2 Å². The second-order valence-electron chi connectivity index (χ2n) is 7.30. The Kier molecular flexibility index (Phi) is 4.65. The number of aliphatic carboxylic acids is 1. The van der Waals surface area contributed by atoms with Crippen molar-refractivity contribution in [3.63, 3.8) is 0 Å². The van der Waals surface area contributed by atoms with E-state index in [1.54, 1.807) is 4.90 Å². The van der Waals surface area contributed by atoms with Crippen LogP contribution in [0.15, 0.2) is 29.2 Å². The highest BCUT2D eigenvalue weighted by Crippen LogP contribution is 2.42. The number of nitrogens with one attached hydrogen (secondary N) is 1. The Balaban J connectivity index is 1.51. The number of amides is 2. The molecule has 2 N–H and O–H groups in total. The van der Waals surface area contributed by atoms with Crippen LogP contribution in [0.1, 0.15) is 38.5 Å². The van der Waals surface area contributed by atoms with E-state index in [4.69, 9.17) is 0 Å². The molecule has 1 aliphatic carbocycles. The van der Waals surface area contributed by atoms with E-state index in [0.717, 1.165) is 36.3 Å². The van der Waals surface area contributed by atoms with E-state index in [9.17, 15) is 19.5 Å². The molecule has 2 fully saturated rings. The van der Waals surface area contributed by atoms with Gasteiger partial charge in [0.05, 0.1) is 10.9 Å². The van der Waals surface area contributed by atoms with Crippen molar-refractivity contribution in [2.24, 2.45) is 5.92 Å². The second-order valence-corrected chi connectivity index (χ2v) is 8.54. The molecule has 26 heavy (non-hydrogen) atoms. The maximum absolute atomic E-state index is 13.0. The Morgan fingerprint density at radius 1 is 1.23 bits per heavy atom. The van der Waals surface area contributed by atoms with Gasteiger partial charge in [-0.25, -0.2) is 4.79 Å². The van der Waals surface area contributed by atoms with Crippen LogP contribution in [0.25, 0.3) is 0 Å². The van der Waals surface area contributed by atoms with Gasteiger partial charge >= 0.3 is 5.97 Å². The number of rotatable bonds is 3. The Morgan fingerprint density at radius 3 is 2.81 bits per heavy atom. The summed E-state index contributed by atoms with van der Waals surface area (Å²) in [7, 11) is 0. The Bertz CT molecular complexity index is 753. The summed E-state index contributed by atoms with van der Waals surface area (Å²) < 4.78 is 0. The normalized spacial score (nSPS) is 30.3. The van der Waals surface area contributed by atoms with Gasteiger partial charge in [-0.05, 0) is 37.3 Å². The minimum atomic E-state index is -0.932. The number of para-hydroxylation sites is 1. The van der Waals surface area contributed by atoms with E-state index in [1.165, 1.54) is 11.8 Å². The van der Waals surface area contributed by atoms with Crippen molar-refractivity contribution < 1.29 is 19.5 Å². The number of carbonyl (C=O) groups is 3. The van der Waals surface area contributed by atoms with Gasteiger partial charge in [-0.3, -0.25) is 9.59 Å². The number of benzene rings is 1. The topological polar surface area (TPSA) is 86.7 Å². The first-order valence-corrected chi connectivity index (χ1v) is 10.0. The SMILES string of the molecule is O=C1Nc2ccccc2S[C@@H]1CC(=O)N1[C@H](C(=O)O)C[C@H]2CCCC[C@@H]21. The summed E-state index contributed by atoms with van der Waals surface area (Å²) in [6.07, 6.45) is 4.57. The number of carboxylic acids is 1. The lowest BCUT2D eigenvalue weighted by Crippen LogP contribution is -2.47. The number of likely N-dealkylation sites (tertiary alicyclic amines) is 1. The number of fused-ring (bicyclic) bond motifs is 2. The maximum atomic E-state index is 13.0. The molecule has 6 nitrogen and oxygen atoms in total. The lowest BCUT2D eigenvalue weighted by molar-refractivity contribution is -0.150. The third-order valence-electron chi connectivity index (χ3n) is 5.73. The van der Waals surface area contributed by atoms with Crippen molar-refractivity contribution in [1.29, 1.82) is 0 Å². The molecule has 1 saturated heterocycles. The average Bonchev–Trinajstić information content (AvgIpc) is 3.02. The summed E-state index contributed by atoms with van der Waals surface area (Å²) >= 11 is 1.38. The Labute approximate surface area is 156 Å². The third-order valence-corrected chi connectivity index (χ3v) is 7.00. The van der Waals surface area contributed by atoms with Gasteiger partial charge in [-0.1, -0.05) is 25.0 Å². The fourth-order valence-electron chi connectivity index (χ4n) is 4.53. The number of carbonyl (C=O) groups excluding carboxylic acids is 2. The average molecular weight is 374 g/mol. The van der Waals surface area contributed by atoms with E-state index >= 15 is 0 Å². The summed E-state index contributed by atoms with van der Waals surface area (Å²) in [6, 6.07) is 6.78. The number of anilines is 1. The lowest BCUT2D eigenvalue weighted by Gasteiger charge is -2.34. The standard InChI is InChI=1S/C19H22N2O4S/c22-17(10-16-18(23)20-12-6-2-4-8-15(12)26-16)21-13-7-3-1-5-11(13)9-14(21)19(24)25/h2,4,6,8,11,13-14,16H,1,3,5,7,9-10H2,(H,20,23)(H,24,25)/t11-,13+,14+,16-/m1/s1. The van der Waals surface area contributed by atoms with Gasteiger partial charge < -0.3 is 15.3 Å². The molecule has 2 aliphatic heterocycles. The maximum Gasteiger partial charge on any atom is 0.326 e. The fraction of sp³-hybridized carbons (Fsp3) is 0.526. The Hall–Kier alpha value is -2.02. The summed E-state index contributed by atoms with van der Waals surface area (Å²) in [6.45, 7) is 0. The van der Waals surface area contributed by atoms with Gasteiger partial charge in [0.2, 0.25) is 11.8 Å². The van der Waals surface area contributed by atoms with Crippen molar-refractivity contribution in [2.45, 2.75) is 60.8 Å². The van der Waals surface area contributed by atoms with Gasteiger partial charge in [0.25, 0.3) is 0 Å². The highest BCUT2D eigenvalue weighted by atomic mass is 32.2. The largest absolute Gasteiger partial charge is 0.480 e. The molecule has 4 rings (SSSR count). The van der Waals surface area contributed by atoms with Gasteiger partial charge in [0, 0.05) is 17.4 Å². The van der Waals surface area contributed by atoms with Crippen molar-refractivity contribution >= 4 is 35.2 Å². The van der Waals surface area contributed by atoms with Crippen LogP contribution in [-0.2, 0) is 14.4 Å². The predicted octanol–water partition coefficient (Wildman–Crippen LogP) is 2.73. The molecule has 2 heterocycles. The van der Waals surface area contributed by atoms with Crippen LogP contribution in [-0.4, -0.2) is 45.1 Å². The molecule has 1 aromatic carbocycles. The smallest absolute Gasteiger partial charge is 0.326 e. The van der Waals surface area contributed by atoms with Crippen molar-refractivity contribution in [1.82, 2.24) is 4.90 Å². The van der Waals surface area contributed by atoms with Crippen LogP contribution in [0.3, 0.4) is 0 Å². The summed E-state index contributed by atoms with van der Waals surface area (Å²) in [5.41, 5.74) is 0.767. The molecule has 3 aliphatic rings. The molecule has 7 heteroatoms. The first-order valence-electron chi connectivity index (χ1n) is 9.15. The third kappa shape index (κ3) is 3.09. The molecule has 0 spiro atoms. The lowest BCUT2D eigenvalue weighted by atomic mass is 9.84. The van der Waals surface area contributed by atoms with Gasteiger partial charge in [-0.15, -0.1) is 11.8 Å². The molecule has 1 saturated carbocycles. The van der Waals surface area contributed by atoms with Gasteiger partial charge in [-0.2, -0.15) is 0 Å². The second kappa shape index (κ2) is 6.95. The highest BCUT2D eigenvalue weighted by molar-refractivity contribution is 8.01. The summed E-state index contributed by atoms with van der Waals surface area (Å²) in [5, 5.41) is 11.9. The number of thioether (sulfide) groups is 1. The zero-order chi connectivity index (χ0) is 18.3. The molecule has 4 atom stereocenters. The van der Waals surface area contributed by atoms with Crippen LogP contribution >= 0.6 is 11.8 Å². The monoisotopic (exact) mass is 374 g/mol. The van der Waals surface area contributed by atoms with E-state index in [1.807, 2.05) is 24.3 Å². The molecular formula is C19H22N2O4S. The minimum absolute atomic E-state index is 0.0151. The quantitative estimate of drug-likeness (QED) is 0.850. The molecule has 138 valence electrons. The van der Waals surface area contributed by atoms with Crippen LogP contribution < -0.4 is 5.32 Å². The number of hydrogen-bond acceptors (Lipinski definition) is 4. The van der Waals surface area contributed by atoms with Crippen LogP contribution in [0.2, 0.25) is 0 Å². The van der Waals surface area contributed by atoms with Crippen LogP contribution in [0, 0.1) is 5.92 Å². The van der Waals surface area contributed by atoms with Crippen molar-refractivity contribution in [3.8, 4) is 0 Å². The molecule has 0 unspecified atom stereocenters. The van der Waals surface area contributed by atoms with Gasteiger partial charge in [0.1, 0.15) is 6.04 Å². The first-order chi connectivity index (χ1) is 12.5. The molecule has 0 bridgehead atoms. The minimum Gasteiger partial charge on any atom is -0.480 e. The molecule has 2 amide bonds. The van der Waals surface area contributed by atoms with E-state index < -0.39 is 17.3 Å². The van der Waals surface area contributed by atoms with E-state index in [0.29, 0.717) is 6.42 Å². The zero-order valence-corrected chi connectivity index (χ0v) is 15.2. The highest BCUT2D eigenvalue weighted by Gasteiger charge is 2.48. The predicted molar refractivity (Wildman–Crippen MR) is 98.0 cm³/mol. The van der Waals surface area contributed by atoms with Crippen LogP contribution in [0.5, 0.6) is 0 Å². The first kappa shape index (κ1) is 17.4. The van der Waals surface area contributed by atoms with Gasteiger partial charge in [0.15, 0.2) is 0 Å². The Morgan fingerprint density at radius 2 is 2.00 bits per heavy atom. The van der Waals surface area contributed by atoms with Crippen LogP contribution in [0.4, 0.5) is 5.69 Å². The number of nitrogens with zero attached hydrogens (tertiary/aromatic N) is 1. The summed E-state index contributed by atoms with van der Waals surface area (Å²) in [5.74, 6) is -1.05. The van der Waals surface area contributed by atoms with E-state index in [2.05, 4.69) is 5.32 Å². The molecular weight excluding hydrogens is 352 g/mol. The molecule has 0 aromatic heterocycles. The molecule has 0 radical (unpaired) electrons. The fourth-order valence-corrected chi connectivity index (χ4v) is 5.63. The number of hydrogen-bond donors (Lipinski definition) is 2. The van der Waals surface area contributed by atoms with Crippen molar-refractivity contribution in [3.05, 3.63) is 24.3 Å². The molecule has 1 aromatic rings. The zero-order valence-electron chi connectivity index (χ0n) is 14.4.